The molecule has 1 aromatic heterocycles. The molecular weight excluding hydrogens is 228 g/mol. The fourth-order valence-electron chi connectivity index (χ4n) is 1.14. The van der Waals surface area contributed by atoms with Gasteiger partial charge in [0.15, 0.2) is 0 Å². The molecule has 1 aromatic rings. The second-order valence-corrected chi connectivity index (χ2v) is 3.61. The Labute approximate surface area is 96.9 Å². The van der Waals surface area contributed by atoms with Gasteiger partial charge in [-0.1, -0.05) is 6.92 Å². The molecule has 0 aliphatic heterocycles. The molecule has 0 aromatic carbocycles. The first-order valence-corrected chi connectivity index (χ1v) is 4.91. The predicted molar refractivity (Wildman–Crippen MR) is 58.6 cm³/mol. The highest BCUT2D eigenvalue weighted by Gasteiger charge is 2.09. The van der Waals surface area contributed by atoms with Gasteiger partial charge in [-0.3, -0.25) is 14.9 Å². The van der Waals surface area contributed by atoms with Crippen molar-refractivity contribution in [3.8, 4) is 0 Å². The van der Waals surface area contributed by atoms with Crippen molar-refractivity contribution in [1.29, 1.82) is 0 Å². The topological polar surface area (TPSA) is 118 Å². The average molecular weight is 240 g/mol. The Balaban J connectivity index is 2.47. The summed E-state index contributed by atoms with van der Waals surface area (Å²) in [6.45, 7) is 2.16. The lowest BCUT2D eigenvalue weighted by molar-refractivity contribution is -0.385. The number of carboxylic acid groups (broad SMARTS) is 1. The zero-order valence-corrected chi connectivity index (χ0v) is 9.16. The van der Waals surface area contributed by atoms with Crippen molar-refractivity contribution in [2.45, 2.75) is 13.3 Å². The van der Waals surface area contributed by atoms with E-state index in [2.05, 4.69) is 15.3 Å². The van der Waals surface area contributed by atoms with Gasteiger partial charge in [-0.25, -0.2) is 9.97 Å². The van der Waals surface area contributed by atoms with Crippen LogP contribution in [0.4, 0.5) is 11.6 Å². The minimum Gasteiger partial charge on any atom is -0.481 e. The molecule has 0 saturated heterocycles. The molecule has 8 heteroatoms. The Morgan fingerprint density at radius 3 is 2.65 bits per heavy atom. The zero-order chi connectivity index (χ0) is 12.8. The van der Waals surface area contributed by atoms with Gasteiger partial charge in [-0.05, 0) is 5.92 Å². The molecule has 1 heterocycles. The van der Waals surface area contributed by atoms with Crippen LogP contribution in [0.15, 0.2) is 12.4 Å². The number of hydrogen-bond donors (Lipinski definition) is 2. The fraction of sp³-hybridized carbons (Fsp3) is 0.444. The summed E-state index contributed by atoms with van der Waals surface area (Å²) in [4.78, 5) is 27.6. The predicted octanol–water partition coefficient (Wildman–Crippen LogP) is 0.907. The second kappa shape index (κ2) is 5.73. The van der Waals surface area contributed by atoms with Crippen LogP contribution in [0.1, 0.15) is 13.3 Å². The van der Waals surface area contributed by atoms with Gasteiger partial charge in [0.25, 0.3) is 0 Å². The quantitative estimate of drug-likeness (QED) is 0.560. The van der Waals surface area contributed by atoms with E-state index in [1.807, 2.05) is 0 Å². The lowest BCUT2D eigenvalue weighted by Gasteiger charge is -2.09. The van der Waals surface area contributed by atoms with Crippen molar-refractivity contribution in [2.24, 2.45) is 5.92 Å². The number of nitrogens with one attached hydrogen (secondary N) is 1. The van der Waals surface area contributed by atoms with Gasteiger partial charge in [-0.2, -0.15) is 0 Å². The normalized spacial score (nSPS) is 11.8. The van der Waals surface area contributed by atoms with Crippen molar-refractivity contribution < 1.29 is 14.8 Å². The van der Waals surface area contributed by atoms with Crippen LogP contribution in [-0.2, 0) is 4.79 Å². The van der Waals surface area contributed by atoms with Crippen molar-refractivity contribution in [2.75, 3.05) is 11.9 Å². The van der Waals surface area contributed by atoms with Gasteiger partial charge in [0.05, 0.1) is 4.92 Å². The van der Waals surface area contributed by atoms with E-state index in [0.717, 1.165) is 12.4 Å². The van der Waals surface area contributed by atoms with Crippen LogP contribution in [0.5, 0.6) is 0 Å². The first-order chi connectivity index (χ1) is 7.99. The van der Waals surface area contributed by atoms with Crippen molar-refractivity contribution in [3.05, 3.63) is 22.5 Å². The molecule has 17 heavy (non-hydrogen) atoms. The van der Waals surface area contributed by atoms with Crippen LogP contribution in [0.25, 0.3) is 0 Å². The summed E-state index contributed by atoms with van der Waals surface area (Å²) in [7, 11) is 0. The smallest absolute Gasteiger partial charge is 0.305 e. The molecule has 0 amide bonds. The molecule has 0 bridgehead atoms. The van der Waals surface area contributed by atoms with Crippen molar-refractivity contribution >= 4 is 17.6 Å². The standard InChI is InChI=1S/C9H12N4O4/c1-6(2-8(14)15)3-10-9-11-4-7(5-12-9)13(16)17/h4-6H,2-3H2,1H3,(H,14,15)(H,10,11,12). The third-order valence-electron chi connectivity index (χ3n) is 1.98. The van der Waals surface area contributed by atoms with Crippen LogP contribution in [0.2, 0.25) is 0 Å². The highest BCUT2D eigenvalue weighted by atomic mass is 16.6. The Morgan fingerprint density at radius 1 is 1.59 bits per heavy atom. The maximum Gasteiger partial charge on any atom is 0.305 e. The molecule has 1 rings (SSSR count). The molecule has 0 radical (unpaired) electrons. The number of nitrogens with zero attached hydrogens (tertiary/aromatic N) is 3. The highest BCUT2D eigenvalue weighted by molar-refractivity contribution is 5.67. The number of carboxylic acids is 1. The summed E-state index contributed by atoms with van der Waals surface area (Å²) in [5.74, 6) is -0.706. The molecule has 0 fully saturated rings. The Morgan fingerprint density at radius 2 is 2.18 bits per heavy atom. The van der Waals surface area contributed by atoms with E-state index in [4.69, 9.17) is 5.11 Å². The van der Waals surface area contributed by atoms with Gasteiger partial charge in [0.1, 0.15) is 12.4 Å². The van der Waals surface area contributed by atoms with Gasteiger partial charge < -0.3 is 10.4 Å². The lowest BCUT2D eigenvalue weighted by atomic mass is 10.1. The van der Waals surface area contributed by atoms with E-state index in [0.29, 0.717) is 6.54 Å². The third-order valence-corrected chi connectivity index (χ3v) is 1.98. The Kier molecular flexibility index (Phi) is 4.32. The molecule has 0 spiro atoms. The zero-order valence-electron chi connectivity index (χ0n) is 9.16. The maximum atomic E-state index is 10.4. The van der Waals surface area contributed by atoms with Gasteiger partial charge in [-0.15, -0.1) is 0 Å². The van der Waals surface area contributed by atoms with Gasteiger partial charge in [0, 0.05) is 13.0 Å². The number of nitro groups is 1. The minimum atomic E-state index is -0.871. The number of aromatic nitrogens is 2. The Bertz CT molecular complexity index is 406. The molecule has 0 aliphatic rings. The first kappa shape index (κ1) is 12.8. The summed E-state index contributed by atoms with van der Waals surface area (Å²) in [6, 6.07) is 0. The van der Waals surface area contributed by atoms with Crippen LogP contribution in [-0.4, -0.2) is 32.5 Å². The fourth-order valence-corrected chi connectivity index (χ4v) is 1.14. The molecule has 0 aliphatic carbocycles. The summed E-state index contributed by atoms with van der Waals surface area (Å²) in [5.41, 5.74) is -0.186. The summed E-state index contributed by atoms with van der Waals surface area (Å²) in [5, 5.41) is 21.7. The largest absolute Gasteiger partial charge is 0.481 e. The van der Waals surface area contributed by atoms with E-state index in [1.54, 1.807) is 6.92 Å². The molecule has 0 saturated carbocycles. The maximum absolute atomic E-state index is 10.4. The number of carbonyl (C=O) groups is 1. The van der Waals surface area contributed by atoms with E-state index in [1.165, 1.54) is 0 Å². The number of hydrogen-bond acceptors (Lipinski definition) is 6. The Hall–Kier alpha value is -2.25. The number of anilines is 1. The van der Waals surface area contributed by atoms with Crippen molar-refractivity contribution in [3.63, 3.8) is 0 Å². The third kappa shape index (κ3) is 4.41. The summed E-state index contributed by atoms with van der Waals surface area (Å²) in [6.07, 6.45) is 2.23. The molecule has 8 nitrogen and oxygen atoms in total. The minimum absolute atomic E-state index is 0.0416. The van der Waals surface area contributed by atoms with Crippen LogP contribution in [0, 0.1) is 16.0 Å². The highest BCUT2D eigenvalue weighted by Crippen LogP contribution is 2.09. The molecule has 92 valence electrons. The molecule has 2 N–H and O–H groups in total. The van der Waals surface area contributed by atoms with Crippen molar-refractivity contribution in [1.82, 2.24) is 9.97 Å². The van der Waals surface area contributed by atoms with E-state index in [9.17, 15) is 14.9 Å². The lowest BCUT2D eigenvalue weighted by Crippen LogP contribution is -2.16. The SMILES string of the molecule is CC(CNc1ncc([N+](=O)[O-])cn1)CC(=O)O. The molecule has 1 unspecified atom stereocenters. The average Bonchev–Trinajstić information content (AvgIpc) is 2.26. The van der Waals surface area contributed by atoms with Crippen LogP contribution in [0.3, 0.4) is 0 Å². The van der Waals surface area contributed by atoms with Gasteiger partial charge >= 0.3 is 11.7 Å². The summed E-state index contributed by atoms with van der Waals surface area (Å²) < 4.78 is 0. The van der Waals surface area contributed by atoms with E-state index in [-0.39, 0.29) is 24.0 Å². The molecule has 1 atom stereocenters. The van der Waals surface area contributed by atoms with E-state index < -0.39 is 10.9 Å². The number of aliphatic carboxylic acids is 1. The molecular formula is C9H12N4O4. The first-order valence-electron chi connectivity index (χ1n) is 4.91. The van der Waals surface area contributed by atoms with Crippen LogP contribution < -0.4 is 5.32 Å². The van der Waals surface area contributed by atoms with Crippen LogP contribution >= 0.6 is 0 Å². The second-order valence-electron chi connectivity index (χ2n) is 3.61. The monoisotopic (exact) mass is 240 g/mol. The summed E-state index contributed by atoms with van der Waals surface area (Å²) >= 11 is 0. The van der Waals surface area contributed by atoms with Gasteiger partial charge in [0.2, 0.25) is 5.95 Å². The number of rotatable bonds is 6. The van der Waals surface area contributed by atoms with E-state index >= 15 is 0 Å².